The third-order valence-corrected chi connectivity index (χ3v) is 3.29. The summed E-state index contributed by atoms with van der Waals surface area (Å²) in [6, 6.07) is 0.348. The van der Waals surface area contributed by atoms with Crippen LogP contribution in [-0.2, 0) is 0 Å². The van der Waals surface area contributed by atoms with Gasteiger partial charge in [0.25, 0.3) is 0 Å². The molecule has 80 valence electrons. The molecule has 0 bridgehead atoms. The van der Waals surface area contributed by atoms with Crippen molar-refractivity contribution in [2.24, 2.45) is 23.5 Å². The number of nitrogens with two attached hydrogens (primary N) is 1. The highest BCUT2D eigenvalue weighted by atomic mass is 14.6. The molecule has 0 fully saturated rings. The van der Waals surface area contributed by atoms with Gasteiger partial charge >= 0.3 is 0 Å². The van der Waals surface area contributed by atoms with Crippen molar-refractivity contribution < 1.29 is 0 Å². The van der Waals surface area contributed by atoms with Crippen LogP contribution in [0.25, 0.3) is 0 Å². The van der Waals surface area contributed by atoms with E-state index in [-0.39, 0.29) is 0 Å². The van der Waals surface area contributed by atoms with Gasteiger partial charge in [0.2, 0.25) is 0 Å². The van der Waals surface area contributed by atoms with Crippen molar-refractivity contribution in [2.75, 3.05) is 0 Å². The second-order valence-electron chi connectivity index (χ2n) is 4.69. The lowest BCUT2D eigenvalue weighted by atomic mass is 9.80. The SMILES string of the molecule is CCC(CC)CC(C(C)C)C(C)N. The lowest BCUT2D eigenvalue weighted by Gasteiger charge is -2.28. The zero-order valence-corrected chi connectivity index (χ0v) is 10.0. The second-order valence-corrected chi connectivity index (χ2v) is 4.69. The molecule has 1 nitrogen and oxygen atoms in total. The maximum atomic E-state index is 6.00. The minimum absolute atomic E-state index is 0.348. The summed E-state index contributed by atoms with van der Waals surface area (Å²) in [5.74, 6) is 2.30. The Morgan fingerprint density at radius 2 is 1.46 bits per heavy atom. The quantitative estimate of drug-likeness (QED) is 0.674. The number of hydrogen-bond donors (Lipinski definition) is 1. The molecule has 0 aromatic rings. The fourth-order valence-corrected chi connectivity index (χ4v) is 2.10. The van der Waals surface area contributed by atoms with Gasteiger partial charge in [-0.15, -0.1) is 0 Å². The van der Waals surface area contributed by atoms with Gasteiger partial charge in [0, 0.05) is 6.04 Å². The summed E-state index contributed by atoms with van der Waals surface area (Å²) < 4.78 is 0. The topological polar surface area (TPSA) is 26.0 Å². The van der Waals surface area contributed by atoms with Crippen LogP contribution >= 0.6 is 0 Å². The first-order valence-electron chi connectivity index (χ1n) is 5.78. The van der Waals surface area contributed by atoms with Gasteiger partial charge in [-0.1, -0.05) is 40.5 Å². The normalized spacial score (nSPS) is 16.6. The summed E-state index contributed by atoms with van der Waals surface area (Å²) in [6.07, 6.45) is 3.90. The van der Waals surface area contributed by atoms with Gasteiger partial charge in [0.05, 0.1) is 0 Å². The van der Waals surface area contributed by atoms with E-state index in [0.29, 0.717) is 12.0 Å². The first kappa shape index (κ1) is 13.0. The maximum absolute atomic E-state index is 6.00. The van der Waals surface area contributed by atoms with E-state index >= 15 is 0 Å². The molecule has 0 amide bonds. The molecule has 0 saturated carbocycles. The minimum atomic E-state index is 0.348. The van der Waals surface area contributed by atoms with E-state index in [0.717, 1.165) is 11.8 Å². The zero-order chi connectivity index (χ0) is 10.4. The van der Waals surface area contributed by atoms with Gasteiger partial charge in [-0.3, -0.25) is 0 Å². The third kappa shape index (κ3) is 4.66. The Morgan fingerprint density at radius 3 is 1.69 bits per heavy atom. The molecular weight excluding hydrogens is 158 g/mol. The van der Waals surface area contributed by atoms with E-state index in [4.69, 9.17) is 5.73 Å². The molecule has 13 heavy (non-hydrogen) atoms. The van der Waals surface area contributed by atoms with Gasteiger partial charge in [0.15, 0.2) is 0 Å². The molecule has 0 aliphatic rings. The van der Waals surface area contributed by atoms with Crippen LogP contribution in [0.5, 0.6) is 0 Å². The van der Waals surface area contributed by atoms with Crippen molar-refractivity contribution in [1.29, 1.82) is 0 Å². The molecule has 0 rings (SSSR count). The van der Waals surface area contributed by atoms with Gasteiger partial charge in [0.1, 0.15) is 0 Å². The Labute approximate surface area is 84.1 Å². The molecule has 0 aromatic heterocycles. The van der Waals surface area contributed by atoms with Crippen molar-refractivity contribution >= 4 is 0 Å². The van der Waals surface area contributed by atoms with Crippen molar-refractivity contribution in [3.8, 4) is 0 Å². The largest absolute Gasteiger partial charge is 0.328 e. The van der Waals surface area contributed by atoms with Crippen LogP contribution < -0.4 is 5.73 Å². The Morgan fingerprint density at radius 1 is 1.00 bits per heavy atom. The summed E-state index contributed by atoms with van der Waals surface area (Å²) in [6.45, 7) is 11.3. The third-order valence-electron chi connectivity index (χ3n) is 3.29. The van der Waals surface area contributed by atoms with E-state index in [1.54, 1.807) is 0 Å². The number of rotatable bonds is 6. The Bertz CT molecular complexity index is 106. The smallest absolute Gasteiger partial charge is 0.00413 e. The van der Waals surface area contributed by atoms with Gasteiger partial charge in [-0.25, -0.2) is 0 Å². The monoisotopic (exact) mass is 185 g/mol. The fraction of sp³-hybridized carbons (Fsp3) is 1.00. The average molecular weight is 185 g/mol. The summed E-state index contributed by atoms with van der Waals surface area (Å²) in [4.78, 5) is 0. The van der Waals surface area contributed by atoms with E-state index in [2.05, 4.69) is 34.6 Å². The lowest BCUT2D eigenvalue weighted by molar-refractivity contribution is 0.253. The van der Waals surface area contributed by atoms with Crippen LogP contribution in [0.1, 0.15) is 53.9 Å². The van der Waals surface area contributed by atoms with E-state index in [1.807, 2.05) is 0 Å². The first-order valence-corrected chi connectivity index (χ1v) is 5.78. The molecule has 0 aliphatic heterocycles. The number of hydrogen-bond acceptors (Lipinski definition) is 1. The van der Waals surface area contributed by atoms with Crippen LogP contribution in [0.15, 0.2) is 0 Å². The molecular formula is C12H27N. The van der Waals surface area contributed by atoms with Crippen molar-refractivity contribution in [2.45, 2.75) is 59.9 Å². The van der Waals surface area contributed by atoms with Crippen molar-refractivity contribution in [3.05, 3.63) is 0 Å². The molecule has 2 atom stereocenters. The lowest BCUT2D eigenvalue weighted by Crippen LogP contribution is -2.32. The van der Waals surface area contributed by atoms with Crippen LogP contribution in [0, 0.1) is 17.8 Å². The van der Waals surface area contributed by atoms with Crippen LogP contribution in [0.2, 0.25) is 0 Å². The molecule has 2 N–H and O–H groups in total. The predicted octanol–water partition coefficient (Wildman–Crippen LogP) is 3.43. The summed E-state index contributed by atoms with van der Waals surface area (Å²) in [5.41, 5.74) is 6.00. The summed E-state index contributed by atoms with van der Waals surface area (Å²) >= 11 is 0. The van der Waals surface area contributed by atoms with Crippen LogP contribution in [0.4, 0.5) is 0 Å². The maximum Gasteiger partial charge on any atom is 0.00413 e. The second kappa shape index (κ2) is 6.42. The Balaban J connectivity index is 4.08. The van der Waals surface area contributed by atoms with E-state index < -0.39 is 0 Å². The summed E-state index contributed by atoms with van der Waals surface area (Å²) in [5, 5.41) is 0. The fourth-order valence-electron chi connectivity index (χ4n) is 2.10. The molecule has 0 spiro atoms. The predicted molar refractivity (Wildman–Crippen MR) is 60.7 cm³/mol. The highest BCUT2D eigenvalue weighted by Crippen LogP contribution is 2.26. The van der Waals surface area contributed by atoms with Crippen LogP contribution in [-0.4, -0.2) is 6.04 Å². The van der Waals surface area contributed by atoms with Gasteiger partial charge < -0.3 is 5.73 Å². The molecule has 0 aliphatic carbocycles. The van der Waals surface area contributed by atoms with Gasteiger partial charge in [-0.05, 0) is 31.1 Å². The Hall–Kier alpha value is -0.0400. The summed E-state index contributed by atoms with van der Waals surface area (Å²) in [7, 11) is 0. The molecule has 0 radical (unpaired) electrons. The first-order chi connectivity index (χ1) is 6.02. The molecule has 0 aromatic carbocycles. The Kier molecular flexibility index (Phi) is 6.40. The van der Waals surface area contributed by atoms with Crippen LogP contribution in [0.3, 0.4) is 0 Å². The molecule has 1 heteroatoms. The molecule has 0 heterocycles. The van der Waals surface area contributed by atoms with Crippen molar-refractivity contribution in [3.63, 3.8) is 0 Å². The molecule has 2 unspecified atom stereocenters. The van der Waals surface area contributed by atoms with Gasteiger partial charge in [-0.2, -0.15) is 0 Å². The highest BCUT2D eigenvalue weighted by Gasteiger charge is 2.20. The van der Waals surface area contributed by atoms with Crippen molar-refractivity contribution in [1.82, 2.24) is 0 Å². The average Bonchev–Trinajstić information content (AvgIpc) is 2.05. The minimum Gasteiger partial charge on any atom is -0.328 e. The van der Waals surface area contributed by atoms with E-state index in [9.17, 15) is 0 Å². The highest BCUT2D eigenvalue weighted by molar-refractivity contribution is 4.74. The molecule has 0 saturated heterocycles. The standard InChI is InChI=1S/C12H27N/c1-6-11(7-2)8-12(9(3)4)10(5)13/h9-12H,6-8,13H2,1-5H3. The zero-order valence-electron chi connectivity index (χ0n) is 10.0. The van der Waals surface area contributed by atoms with E-state index in [1.165, 1.54) is 19.3 Å².